The molecule has 5 heteroatoms. The summed E-state index contributed by atoms with van der Waals surface area (Å²) in [4.78, 5) is 5.93. The van der Waals surface area contributed by atoms with E-state index in [9.17, 15) is 4.39 Å². The zero-order chi connectivity index (χ0) is 11.7. The van der Waals surface area contributed by atoms with E-state index in [2.05, 4.69) is 4.98 Å². The molecule has 0 aromatic carbocycles. The van der Waals surface area contributed by atoms with Crippen molar-refractivity contribution in [1.29, 1.82) is 0 Å². The predicted molar refractivity (Wildman–Crippen MR) is 61.4 cm³/mol. The van der Waals surface area contributed by atoms with Gasteiger partial charge in [0.05, 0.1) is 17.2 Å². The van der Waals surface area contributed by atoms with Crippen LogP contribution in [0.15, 0.2) is 12.3 Å². The number of aromatic nitrogens is 1. The molecule has 0 radical (unpaired) electrons. The van der Waals surface area contributed by atoms with Gasteiger partial charge < -0.3 is 9.64 Å². The van der Waals surface area contributed by atoms with Crippen molar-refractivity contribution in [3.05, 3.63) is 23.1 Å². The Morgan fingerprint density at radius 2 is 2.06 bits per heavy atom. The molecule has 2 atom stereocenters. The van der Waals surface area contributed by atoms with Crippen LogP contribution in [-0.4, -0.2) is 30.3 Å². The van der Waals surface area contributed by atoms with Gasteiger partial charge in [-0.25, -0.2) is 9.37 Å². The third-order valence-electron chi connectivity index (χ3n) is 2.51. The fourth-order valence-electron chi connectivity index (χ4n) is 1.99. The van der Waals surface area contributed by atoms with Gasteiger partial charge in [0.1, 0.15) is 0 Å². The van der Waals surface area contributed by atoms with Gasteiger partial charge in [0.2, 0.25) is 0 Å². The lowest BCUT2D eigenvalue weighted by molar-refractivity contribution is -0.00564. The molecule has 1 aromatic heterocycles. The van der Waals surface area contributed by atoms with Crippen LogP contribution in [0, 0.1) is 5.82 Å². The lowest BCUT2D eigenvalue weighted by Crippen LogP contribution is -2.46. The van der Waals surface area contributed by atoms with Crippen LogP contribution in [-0.2, 0) is 4.74 Å². The first kappa shape index (κ1) is 11.6. The average Bonchev–Trinajstić information content (AvgIpc) is 2.15. The first-order valence-corrected chi connectivity index (χ1v) is 5.65. The fraction of sp³-hybridized carbons (Fsp3) is 0.545. The van der Waals surface area contributed by atoms with E-state index in [0.29, 0.717) is 23.9 Å². The number of anilines is 1. The van der Waals surface area contributed by atoms with E-state index in [4.69, 9.17) is 16.3 Å². The molecule has 1 aliphatic rings. The minimum Gasteiger partial charge on any atom is -0.372 e. The molecule has 0 amide bonds. The van der Waals surface area contributed by atoms with Gasteiger partial charge in [-0.1, -0.05) is 11.6 Å². The number of ether oxygens (including phenoxy) is 1. The predicted octanol–water partition coefficient (Wildman–Crippen LogP) is 2.49. The van der Waals surface area contributed by atoms with Crippen molar-refractivity contribution in [2.45, 2.75) is 26.1 Å². The molecule has 0 N–H and O–H groups in total. The fourth-order valence-corrected chi connectivity index (χ4v) is 2.14. The van der Waals surface area contributed by atoms with Crippen LogP contribution in [0.3, 0.4) is 0 Å². The molecule has 0 aliphatic carbocycles. The van der Waals surface area contributed by atoms with Crippen LogP contribution in [0.5, 0.6) is 0 Å². The lowest BCUT2D eigenvalue weighted by atomic mass is 10.2. The molecular formula is C11H14ClFN2O. The van der Waals surface area contributed by atoms with Crippen molar-refractivity contribution in [2.24, 2.45) is 0 Å². The summed E-state index contributed by atoms with van der Waals surface area (Å²) in [6.45, 7) is 5.23. The second-order valence-electron chi connectivity index (χ2n) is 4.12. The first-order valence-electron chi connectivity index (χ1n) is 5.27. The van der Waals surface area contributed by atoms with E-state index in [1.165, 1.54) is 12.3 Å². The topological polar surface area (TPSA) is 25.4 Å². The summed E-state index contributed by atoms with van der Waals surface area (Å²) < 4.78 is 19.2. The first-order chi connectivity index (χ1) is 7.56. The minimum atomic E-state index is -0.381. The molecule has 3 nitrogen and oxygen atoms in total. The van der Waals surface area contributed by atoms with E-state index >= 15 is 0 Å². The lowest BCUT2D eigenvalue weighted by Gasteiger charge is -2.36. The zero-order valence-corrected chi connectivity index (χ0v) is 10.0. The zero-order valence-electron chi connectivity index (χ0n) is 9.28. The Balaban J connectivity index is 2.23. The average molecular weight is 245 g/mol. The monoisotopic (exact) mass is 244 g/mol. The van der Waals surface area contributed by atoms with Gasteiger partial charge >= 0.3 is 0 Å². The maximum absolute atomic E-state index is 13.7. The molecule has 1 aliphatic heterocycles. The van der Waals surface area contributed by atoms with Crippen molar-refractivity contribution >= 4 is 17.4 Å². The van der Waals surface area contributed by atoms with Crippen LogP contribution in [0.4, 0.5) is 10.2 Å². The maximum Gasteiger partial charge on any atom is 0.167 e. The minimum absolute atomic E-state index is 0.0839. The van der Waals surface area contributed by atoms with Crippen LogP contribution in [0.1, 0.15) is 13.8 Å². The Bertz CT molecular complexity index is 378. The van der Waals surface area contributed by atoms with Crippen molar-refractivity contribution in [3.63, 3.8) is 0 Å². The van der Waals surface area contributed by atoms with Crippen molar-refractivity contribution < 1.29 is 9.13 Å². The third kappa shape index (κ3) is 2.44. The maximum atomic E-state index is 13.7. The molecule has 16 heavy (non-hydrogen) atoms. The molecule has 1 saturated heterocycles. The van der Waals surface area contributed by atoms with Crippen LogP contribution < -0.4 is 4.90 Å². The largest absolute Gasteiger partial charge is 0.372 e. The molecule has 1 aromatic rings. The molecule has 88 valence electrons. The molecule has 0 bridgehead atoms. The summed E-state index contributed by atoms with van der Waals surface area (Å²) in [6, 6.07) is 1.29. The number of pyridine rings is 1. The summed E-state index contributed by atoms with van der Waals surface area (Å²) in [5.74, 6) is -0.0276. The third-order valence-corrected chi connectivity index (χ3v) is 2.71. The van der Waals surface area contributed by atoms with E-state index in [1.807, 2.05) is 18.7 Å². The number of morpholine rings is 1. The molecular weight excluding hydrogens is 231 g/mol. The van der Waals surface area contributed by atoms with Gasteiger partial charge in [0.25, 0.3) is 0 Å². The number of rotatable bonds is 1. The van der Waals surface area contributed by atoms with Crippen molar-refractivity contribution in [1.82, 2.24) is 4.98 Å². The molecule has 1 fully saturated rings. The highest BCUT2D eigenvalue weighted by atomic mass is 35.5. The van der Waals surface area contributed by atoms with Gasteiger partial charge in [-0.2, -0.15) is 0 Å². The Hall–Kier alpha value is -0.870. The standard InChI is InChI=1S/C11H14ClFN2O/c1-7-5-15(6-8(2)16-7)11-10(13)3-9(12)4-14-11/h3-4,7-8H,5-6H2,1-2H3/t7-,8+. The summed E-state index contributed by atoms with van der Waals surface area (Å²) in [5, 5.41) is 0.315. The second-order valence-corrected chi connectivity index (χ2v) is 4.56. The summed E-state index contributed by atoms with van der Waals surface area (Å²) >= 11 is 5.67. The Kier molecular flexibility index (Phi) is 3.30. The summed E-state index contributed by atoms with van der Waals surface area (Å²) in [7, 11) is 0. The molecule has 0 saturated carbocycles. The Morgan fingerprint density at radius 1 is 1.44 bits per heavy atom. The van der Waals surface area contributed by atoms with Crippen LogP contribution >= 0.6 is 11.6 Å². The number of nitrogens with zero attached hydrogens (tertiary/aromatic N) is 2. The van der Waals surface area contributed by atoms with Crippen LogP contribution in [0.25, 0.3) is 0 Å². The quantitative estimate of drug-likeness (QED) is 0.759. The van der Waals surface area contributed by atoms with E-state index < -0.39 is 0 Å². The molecule has 0 spiro atoms. The molecule has 2 heterocycles. The van der Waals surface area contributed by atoms with Crippen LogP contribution in [0.2, 0.25) is 5.02 Å². The van der Waals surface area contributed by atoms with Gasteiger partial charge in [-0.15, -0.1) is 0 Å². The second kappa shape index (κ2) is 4.55. The summed E-state index contributed by atoms with van der Waals surface area (Å²) in [5.41, 5.74) is 0. The smallest absolute Gasteiger partial charge is 0.167 e. The highest BCUT2D eigenvalue weighted by molar-refractivity contribution is 6.30. The van der Waals surface area contributed by atoms with Crippen molar-refractivity contribution in [3.8, 4) is 0 Å². The number of hydrogen-bond acceptors (Lipinski definition) is 3. The molecule has 0 unspecified atom stereocenters. The van der Waals surface area contributed by atoms with E-state index in [0.717, 1.165) is 0 Å². The normalized spacial score (nSPS) is 25.9. The van der Waals surface area contributed by atoms with E-state index in [-0.39, 0.29) is 18.0 Å². The highest BCUT2D eigenvalue weighted by Gasteiger charge is 2.25. The van der Waals surface area contributed by atoms with E-state index in [1.54, 1.807) is 0 Å². The van der Waals surface area contributed by atoms with Crippen molar-refractivity contribution in [2.75, 3.05) is 18.0 Å². The number of halogens is 2. The molecule has 2 rings (SSSR count). The Labute approximate surface area is 99.2 Å². The van der Waals surface area contributed by atoms with Gasteiger partial charge in [0.15, 0.2) is 11.6 Å². The highest BCUT2D eigenvalue weighted by Crippen LogP contribution is 2.23. The van der Waals surface area contributed by atoms with Gasteiger partial charge in [-0.05, 0) is 19.9 Å². The number of hydrogen-bond donors (Lipinski definition) is 0. The summed E-state index contributed by atoms with van der Waals surface area (Å²) in [6.07, 6.45) is 1.63. The Morgan fingerprint density at radius 3 is 2.62 bits per heavy atom. The van der Waals surface area contributed by atoms with Gasteiger partial charge in [0, 0.05) is 19.3 Å². The van der Waals surface area contributed by atoms with Gasteiger partial charge in [-0.3, -0.25) is 0 Å². The SMILES string of the molecule is C[C@@H]1CN(c2ncc(Cl)cc2F)C[C@H](C)O1.